The molecule has 1 saturated carbocycles. The molecule has 2 heterocycles. The summed E-state index contributed by atoms with van der Waals surface area (Å²) in [7, 11) is 3.66. The fourth-order valence-electron chi connectivity index (χ4n) is 5.63. The van der Waals surface area contributed by atoms with Crippen molar-refractivity contribution in [1.29, 1.82) is 0 Å². The van der Waals surface area contributed by atoms with Crippen molar-refractivity contribution in [1.82, 2.24) is 19.6 Å². The summed E-state index contributed by atoms with van der Waals surface area (Å²) in [4.78, 5) is 17.2. The standard InChI is InChI=1S/C23H38N4O2/c1-25(2)23(29)22-20-14-19(26-12-10-18(16-28)11-13-26)8-9-21(20)27(24-22)15-17-6-4-3-5-7-17/h17-19,28H,3-16H2,1-2H3. The number of nitrogens with zero attached hydrogens (tertiary/aromatic N) is 4. The minimum absolute atomic E-state index is 0.0447. The van der Waals surface area contributed by atoms with E-state index in [0.29, 0.717) is 30.2 Å². The number of aliphatic hydroxyl groups is 1. The lowest BCUT2D eigenvalue weighted by Crippen LogP contribution is -2.45. The number of likely N-dealkylation sites (tertiary alicyclic amines) is 1. The van der Waals surface area contributed by atoms with Gasteiger partial charge in [0.05, 0.1) is 0 Å². The predicted molar refractivity (Wildman–Crippen MR) is 114 cm³/mol. The topological polar surface area (TPSA) is 61.6 Å². The summed E-state index contributed by atoms with van der Waals surface area (Å²) < 4.78 is 2.20. The van der Waals surface area contributed by atoms with E-state index in [1.807, 2.05) is 14.1 Å². The van der Waals surface area contributed by atoms with Crippen molar-refractivity contribution >= 4 is 5.91 Å². The van der Waals surface area contributed by atoms with Crippen molar-refractivity contribution in [2.45, 2.75) is 76.8 Å². The SMILES string of the molecule is CN(C)C(=O)c1nn(CC2CCCCC2)c2c1CC(N1CCC(CO)CC1)CC2. The van der Waals surface area contributed by atoms with Gasteiger partial charge in [0.1, 0.15) is 0 Å². The first-order valence-corrected chi connectivity index (χ1v) is 11.7. The van der Waals surface area contributed by atoms with Crippen LogP contribution in [0.3, 0.4) is 0 Å². The Bertz CT molecular complexity index is 700. The zero-order chi connectivity index (χ0) is 20.4. The average Bonchev–Trinajstić information content (AvgIpc) is 3.11. The molecule has 0 spiro atoms. The van der Waals surface area contributed by atoms with Gasteiger partial charge in [0.2, 0.25) is 0 Å². The Balaban J connectivity index is 1.53. The van der Waals surface area contributed by atoms with Crippen LogP contribution in [0, 0.1) is 11.8 Å². The molecule has 29 heavy (non-hydrogen) atoms. The number of hydrogen-bond donors (Lipinski definition) is 1. The number of piperidine rings is 1. The normalized spacial score (nSPS) is 24.4. The number of fused-ring (bicyclic) bond motifs is 1. The molecular formula is C23H38N4O2. The maximum atomic E-state index is 12.9. The molecule has 162 valence electrons. The highest BCUT2D eigenvalue weighted by atomic mass is 16.3. The van der Waals surface area contributed by atoms with Crippen LogP contribution in [0.4, 0.5) is 0 Å². The quantitative estimate of drug-likeness (QED) is 0.823. The lowest BCUT2D eigenvalue weighted by molar-refractivity contribution is 0.0814. The molecule has 1 unspecified atom stereocenters. The number of amides is 1. The van der Waals surface area contributed by atoms with E-state index >= 15 is 0 Å². The summed E-state index contributed by atoms with van der Waals surface area (Å²) in [5, 5.41) is 14.3. The Morgan fingerprint density at radius 1 is 1.07 bits per heavy atom. The third-order valence-corrected chi connectivity index (χ3v) is 7.51. The summed E-state index contributed by atoms with van der Waals surface area (Å²) in [5.41, 5.74) is 3.22. The highest BCUT2D eigenvalue weighted by Crippen LogP contribution is 2.32. The van der Waals surface area contributed by atoms with Crippen molar-refractivity contribution < 1.29 is 9.90 Å². The van der Waals surface area contributed by atoms with Crippen molar-refractivity contribution in [3.8, 4) is 0 Å². The van der Waals surface area contributed by atoms with Crippen LogP contribution in [0.5, 0.6) is 0 Å². The molecule has 4 rings (SSSR count). The molecule has 6 heteroatoms. The summed E-state index contributed by atoms with van der Waals surface area (Å²) in [6, 6.07) is 0.503. The molecule has 2 fully saturated rings. The summed E-state index contributed by atoms with van der Waals surface area (Å²) in [6.45, 7) is 3.43. The lowest BCUT2D eigenvalue weighted by atomic mass is 9.87. The van der Waals surface area contributed by atoms with Crippen LogP contribution in [0.15, 0.2) is 0 Å². The second kappa shape index (κ2) is 9.17. The molecule has 1 N–H and O–H groups in total. The molecule has 1 aliphatic heterocycles. The van der Waals surface area contributed by atoms with Crippen LogP contribution >= 0.6 is 0 Å². The second-order valence-corrected chi connectivity index (χ2v) is 9.72. The van der Waals surface area contributed by atoms with Crippen LogP contribution in [0.25, 0.3) is 0 Å². The van der Waals surface area contributed by atoms with E-state index in [1.165, 1.54) is 43.4 Å². The van der Waals surface area contributed by atoms with Crippen molar-refractivity contribution in [2.24, 2.45) is 11.8 Å². The minimum atomic E-state index is 0.0447. The van der Waals surface area contributed by atoms with Crippen molar-refractivity contribution in [3.63, 3.8) is 0 Å². The van der Waals surface area contributed by atoms with Gasteiger partial charge in [0.15, 0.2) is 5.69 Å². The molecule has 1 atom stereocenters. The third kappa shape index (κ3) is 4.53. The van der Waals surface area contributed by atoms with Gasteiger partial charge in [0.25, 0.3) is 5.91 Å². The molecule has 3 aliphatic rings. The van der Waals surface area contributed by atoms with Gasteiger partial charge >= 0.3 is 0 Å². The van der Waals surface area contributed by atoms with Crippen molar-refractivity contribution in [3.05, 3.63) is 17.0 Å². The molecule has 0 bridgehead atoms. The van der Waals surface area contributed by atoms with E-state index < -0.39 is 0 Å². The van der Waals surface area contributed by atoms with E-state index in [1.54, 1.807) is 4.90 Å². The molecule has 2 aliphatic carbocycles. The average molecular weight is 403 g/mol. The van der Waals surface area contributed by atoms with Gasteiger partial charge in [-0.3, -0.25) is 9.48 Å². The number of aromatic nitrogens is 2. The number of carbonyl (C=O) groups excluding carboxylic acids is 1. The van der Waals surface area contributed by atoms with E-state index in [4.69, 9.17) is 5.10 Å². The van der Waals surface area contributed by atoms with Crippen molar-refractivity contribution in [2.75, 3.05) is 33.8 Å². The number of carbonyl (C=O) groups is 1. The highest BCUT2D eigenvalue weighted by molar-refractivity contribution is 5.93. The lowest BCUT2D eigenvalue weighted by Gasteiger charge is -2.39. The Hall–Kier alpha value is -1.40. The summed E-state index contributed by atoms with van der Waals surface area (Å²) in [6.07, 6.45) is 11.9. The Morgan fingerprint density at radius 2 is 1.79 bits per heavy atom. The zero-order valence-corrected chi connectivity index (χ0v) is 18.3. The Kier molecular flexibility index (Phi) is 6.60. The molecule has 1 saturated heterocycles. The molecule has 6 nitrogen and oxygen atoms in total. The molecule has 1 aromatic rings. The highest BCUT2D eigenvalue weighted by Gasteiger charge is 2.34. The Morgan fingerprint density at radius 3 is 2.45 bits per heavy atom. The number of hydrogen-bond acceptors (Lipinski definition) is 4. The van der Waals surface area contributed by atoms with Gasteiger partial charge in [-0.05, 0) is 69.9 Å². The fourth-order valence-corrected chi connectivity index (χ4v) is 5.63. The minimum Gasteiger partial charge on any atom is -0.396 e. The maximum absolute atomic E-state index is 12.9. The van der Waals surface area contributed by atoms with Gasteiger partial charge in [-0.2, -0.15) is 5.10 Å². The van der Waals surface area contributed by atoms with E-state index in [0.717, 1.165) is 51.7 Å². The van der Waals surface area contributed by atoms with Gasteiger partial charge < -0.3 is 14.9 Å². The van der Waals surface area contributed by atoms with Crippen LogP contribution in [-0.4, -0.2) is 70.4 Å². The molecule has 1 aromatic heterocycles. The van der Waals surface area contributed by atoms with E-state index in [9.17, 15) is 9.90 Å². The molecule has 1 amide bonds. The summed E-state index contributed by atoms with van der Waals surface area (Å²) in [5.74, 6) is 1.23. The van der Waals surface area contributed by atoms with Gasteiger partial charge in [-0.15, -0.1) is 0 Å². The first-order valence-electron chi connectivity index (χ1n) is 11.7. The van der Waals surface area contributed by atoms with Gasteiger partial charge in [-0.1, -0.05) is 19.3 Å². The third-order valence-electron chi connectivity index (χ3n) is 7.51. The van der Waals surface area contributed by atoms with Gasteiger partial charge in [0, 0.05) is 44.5 Å². The zero-order valence-electron chi connectivity index (χ0n) is 18.3. The fraction of sp³-hybridized carbons (Fsp3) is 0.826. The van der Waals surface area contributed by atoms with E-state index in [-0.39, 0.29) is 5.91 Å². The summed E-state index contributed by atoms with van der Waals surface area (Å²) >= 11 is 0. The maximum Gasteiger partial charge on any atom is 0.274 e. The molecule has 0 radical (unpaired) electrons. The number of rotatable bonds is 5. The predicted octanol–water partition coefficient (Wildman–Crippen LogP) is 2.73. The Labute approximate surface area is 175 Å². The van der Waals surface area contributed by atoms with Crippen LogP contribution in [0.1, 0.15) is 73.1 Å². The smallest absolute Gasteiger partial charge is 0.274 e. The largest absolute Gasteiger partial charge is 0.396 e. The van der Waals surface area contributed by atoms with E-state index in [2.05, 4.69) is 9.58 Å². The van der Waals surface area contributed by atoms with Crippen LogP contribution in [-0.2, 0) is 19.4 Å². The van der Waals surface area contributed by atoms with Gasteiger partial charge in [-0.25, -0.2) is 0 Å². The first-order chi connectivity index (χ1) is 14.1. The molecule has 0 aromatic carbocycles. The second-order valence-electron chi connectivity index (χ2n) is 9.72. The first kappa shape index (κ1) is 20.9. The van der Waals surface area contributed by atoms with Crippen LogP contribution in [0.2, 0.25) is 0 Å². The monoisotopic (exact) mass is 402 g/mol. The van der Waals surface area contributed by atoms with Crippen LogP contribution < -0.4 is 0 Å². The number of aliphatic hydroxyl groups excluding tert-OH is 1. The molecular weight excluding hydrogens is 364 g/mol.